The summed E-state index contributed by atoms with van der Waals surface area (Å²) in [5.74, 6) is 2.40. The number of rotatable bonds is 3. The summed E-state index contributed by atoms with van der Waals surface area (Å²) in [5, 5.41) is 2.92. The van der Waals surface area contributed by atoms with Gasteiger partial charge in [-0.1, -0.05) is 17.7 Å². The van der Waals surface area contributed by atoms with Crippen molar-refractivity contribution in [2.24, 2.45) is 0 Å². The van der Waals surface area contributed by atoms with Gasteiger partial charge in [-0.3, -0.25) is 4.79 Å². The van der Waals surface area contributed by atoms with Crippen molar-refractivity contribution < 1.29 is 4.79 Å². The predicted octanol–water partition coefficient (Wildman–Crippen LogP) is 4.46. The molecular formula is C15H19NOS2. The highest BCUT2D eigenvalue weighted by atomic mass is 32.2. The minimum Gasteiger partial charge on any atom is -0.323 e. The zero-order valence-corrected chi connectivity index (χ0v) is 12.9. The van der Waals surface area contributed by atoms with Crippen LogP contribution in [0.2, 0.25) is 0 Å². The van der Waals surface area contributed by atoms with Gasteiger partial charge in [0.2, 0.25) is 5.91 Å². The summed E-state index contributed by atoms with van der Waals surface area (Å²) in [6, 6.07) is 8.20. The molecule has 1 heterocycles. The lowest BCUT2D eigenvalue weighted by molar-refractivity contribution is -0.111. The highest BCUT2D eigenvalue weighted by molar-refractivity contribution is 8.16. The summed E-state index contributed by atoms with van der Waals surface area (Å²) >= 11 is 3.99. The number of hydrogen-bond donors (Lipinski definition) is 1. The molecule has 0 atom stereocenters. The van der Waals surface area contributed by atoms with Crippen molar-refractivity contribution in [1.29, 1.82) is 0 Å². The molecule has 1 saturated heterocycles. The fraction of sp³-hybridized carbons (Fsp3) is 0.400. The standard InChI is InChI=1S/C15H19NOS2/c1-11(2)9-14(17)16-13-6-3-5-12(10-13)15-18-7-4-8-19-15/h3,5-6,9-10,15H,4,7-8H2,1-2H3,(H,16,17). The predicted molar refractivity (Wildman–Crippen MR) is 86.8 cm³/mol. The Morgan fingerprint density at radius 1 is 1.32 bits per heavy atom. The molecule has 1 aliphatic heterocycles. The van der Waals surface area contributed by atoms with Crippen molar-refractivity contribution in [3.63, 3.8) is 0 Å². The maximum absolute atomic E-state index is 11.7. The van der Waals surface area contributed by atoms with Gasteiger partial charge in [-0.25, -0.2) is 0 Å². The Morgan fingerprint density at radius 3 is 2.74 bits per heavy atom. The van der Waals surface area contributed by atoms with Crippen molar-refractivity contribution in [1.82, 2.24) is 0 Å². The van der Waals surface area contributed by atoms with Crippen LogP contribution in [-0.2, 0) is 4.79 Å². The topological polar surface area (TPSA) is 29.1 Å². The third-order valence-corrected chi connectivity index (χ3v) is 5.69. The maximum Gasteiger partial charge on any atom is 0.248 e. The Bertz CT molecular complexity index is 475. The largest absolute Gasteiger partial charge is 0.323 e. The second kappa shape index (κ2) is 7.06. The van der Waals surface area contributed by atoms with Gasteiger partial charge < -0.3 is 5.32 Å². The van der Waals surface area contributed by atoms with E-state index in [0.29, 0.717) is 4.58 Å². The third kappa shape index (κ3) is 4.62. The van der Waals surface area contributed by atoms with Gasteiger partial charge in [-0.05, 0) is 49.5 Å². The van der Waals surface area contributed by atoms with E-state index in [1.165, 1.54) is 23.5 Å². The minimum atomic E-state index is -0.0545. The summed E-state index contributed by atoms with van der Waals surface area (Å²) in [5.41, 5.74) is 3.18. The molecule has 0 radical (unpaired) electrons. The molecule has 0 aliphatic carbocycles. The van der Waals surface area contributed by atoms with E-state index in [4.69, 9.17) is 0 Å². The van der Waals surface area contributed by atoms with Gasteiger partial charge in [0.25, 0.3) is 0 Å². The Kier molecular flexibility index (Phi) is 5.40. The van der Waals surface area contributed by atoms with Crippen LogP contribution in [0.25, 0.3) is 0 Å². The first-order valence-electron chi connectivity index (χ1n) is 6.44. The van der Waals surface area contributed by atoms with Crippen LogP contribution in [0.5, 0.6) is 0 Å². The molecule has 1 aromatic rings. The van der Waals surface area contributed by atoms with Crippen LogP contribution in [0.1, 0.15) is 30.4 Å². The van der Waals surface area contributed by atoms with E-state index < -0.39 is 0 Å². The number of nitrogens with one attached hydrogen (secondary N) is 1. The molecule has 0 bridgehead atoms. The monoisotopic (exact) mass is 293 g/mol. The van der Waals surface area contributed by atoms with Crippen molar-refractivity contribution >= 4 is 35.1 Å². The molecule has 1 fully saturated rings. The normalized spacial score (nSPS) is 15.9. The van der Waals surface area contributed by atoms with Crippen LogP contribution in [-0.4, -0.2) is 17.4 Å². The summed E-state index contributed by atoms with van der Waals surface area (Å²) in [6.45, 7) is 3.84. The first-order valence-corrected chi connectivity index (χ1v) is 8.54. The number of amides is 1. The van der Waals surface area contributed by atoms with E-state index in [1.807, 2.05) is 49.5 Å². The number of thioether (sulfide) groups is 2. The summed E-state index contributed by atoms with van der Waals surface area (Å²) in [7, 11) is 0. The summed E-state index contributed by atoms with van der Waals surface area (Å²) in [6.07, 6.45) is 2.92. The molecule has 0 spiro atoms. The van der Waals surface area contributed by atoms with Crippen LogP contribution in [0, 0.1) is 0 Å². The lowest BCUT2D eigenvalue weighted by atomic mass is 10.2. The molecule has 2 nitrogen and oxygen atoms in total. The Hall–Kier alpha value is -0.870. The highest BCUT2D eigenvalue weighted by Crippen LogP contribution is 2.43. The number of carbonyl (C=O) groups excluding carboxylic acids is 1. The smallest absolute Gasteiger partial charge is 0.248 e. The number of allylic oxidation sites excluding steroid dienone is 1. The fourth-order valence-electron chi connectivity index (χ4n) is 1.88. The molecule has 0 unspecified atom stereocenters. The highest BCUT2D eigenvalue weighted by Gasteiger charge is 2.16. The van der Waals surface area contributed by atoms with Gasteiger partial charge in [0, 0.05) is 11.8 Å². The van der Waals surface area contributed by atoms with E-state index >= 15 is 0 Å². The van der Waals surface area contributed by atoms with Crippen molar-refractivity contribution in [3.05, 3.63) is 41.5 Å². The van der Waals surface area contributed by atoms with Crippen LogP contribution < -0.4 is 5.32 Å². The van der Waals surface area contributed by atoms with E-state index in [0.717, 1.165) is 11.3 Å². The zero-order valence-electron chi connectivity index (χ0n) is 11.3. The number of hydrogen-bond acceptors (Lipinski definition) is 3. The first-order chi connectivity index (χ1) is 9.15. The second-order valence-electron chi connectivity index (χ2n) is 4.76. The van der Waals surface area contributed by atoms with Crippen LogP contribution in [0.3, 0.4) is 0 Å². The van der Waals surface area contributed by atoms with Gasteiger partial charge in [0.15, 0.2) is 0 Å². The van der Waals surface area contributed by atoms with Crippen molar-refractivity contribution in [3.8, 4) is 0 Å². The molecule has 0 aromatic heterocycles. The summed E-state index contributed by atoms with van der Waals surface area (Å²) < 4.78 is 0.508. The van der Waals surface area contributed by atoms with Crippen LogP contribution in [0.4, 0.5) is 5.69 Å². The quantitative estimate of drug-likeness (QED) is 0.834. The Balaban J connectivity index is 2.06. The lowest BCUT2D eigenvalue weighted by Crippen LogP contribution is -2.09. The van der Waals surface area contributed by atoms with E-state index in [9.17, 15) is 4.79 Å². The molecule has 1 aliphatic rings. The lowest BCUT2D eigenvalue weighted by Gasteiger charge is -2.21. The van der Waals surface area contributed by atoms with Crippen LogP contribution in [0.15, 0.2) is 35.9 Å². The molecule has 2 rings (SSSR count). The SMILES string of the molecule is CC(C)=CC(=O)Nc1cccc(C2SCCCS2)c1. The number of benzene rings is 1. The number of anilines is 1. The van der Waals surface area contributed by atoms with E-state index in [2.05, 4.69) is 17.4 Å². The fourth-order valence-corrected chi connectivity index (χ4v) is 4.76. The molecular weight excluding hydrogens is 274 g/mol. The van der Waals surface area contributed by atoms with E-state index in [1.54, 1.807) is 6.08 Å². The molecule has 1 amide bonds. The van der Waals surface area contributed by atoms with Gasteiger partial charge >= 0.3 is 0 Å². The van der Waals surface area contributed by atoms with Gasteiger partial charge in [0.1, 0.15) is 0 Å². The van der Waals surface area contributed by atoms with Gasteiger partial charge in [0.05, 0.1) is 4.58 Å². The number of carbonyl (C=O) groups is 1. The molecule has 4 heteroatoms. The van der Waals surface area contributed by atoms with Crippen molar-refractivity contribution in [2.75, 3.05) is 16.8 Å². The molecule has 1 N–H and O–H groups in total. The maximum atomic E-state index is 11.7. The Labute approximate surface area is 123 Å². The zero-order chi connectivity index (χ0) is 13.7. The molecule has 1 aromatic carbocycles. The molecule has 19 heavy (non-hydrogen) atoms. The average molecular weight is 293 g/mol. The summed E-state index contributed by atoms with van der Waals surface area (Å²) in [4.78, 5) is 11.7. The van der Waals surface area contributed by atoms with Gasteiger partial charge in [-0.15, -0.1) is 23.5 Å². The first kappa shape index (κ1) is 14.5. The molecule has 0 saturated carbocycles. The van der Waals surface area contributed by atoms with Crippen molar-refractivity contribution in [2.45, 2.75) is 24.9 Å². The van der Waals surface area contributed by atoms with Gasteiger partial charge in [-0.2, -0.15) is 0 Å². The minimum absolute atomic E-state index is 0.0545. The van der Waals surface area contributed by atoms with E-state index in [-0.39, 0.29) is 5.91 Å². The average Bonchev–Trinajstić information content (AvgIpc) is 2.39. The molecule has 102 valence electrons. The third-order valence-electron chi connectivity index (χ3n) is 2.67. The Morgan fingerprint density at radius 2 is 2.05 bits per heavy atom. The second-order valence-corrected chi connectivity index (χ2v) is 7.49. The van der Waals surface area contributed by atoms with Crippen LogP contribution >= 0.6 is 23.5 Å².